The number of aryl methyl sites for hydroxylation is 2. The van der Waals surface area contributed by atoms with Crippen LogP contribution in [0, 0.1) is 0 Å². The third-order valence-electron chi connectivity index (χ3n) is 3.77. The molecule has 7 heteroatoms. The van der Waals surface area contributed by atoms with Crippen molar-refractivity contribution in [2.45, 2.75) is 0 Å². The molecule has 0 saturated heterocycles. The highest BCUT2D eigenvalue weighted by Gasteiger charge is 2.11. The van der Waals surface area contributed by atoms with Gasteiger partial charge in [-0.05, 0) is 22.9 Å². The predicted molar refractivity (Wildman–Crippen MR) is 92.0 cm³/mol. The van der Waals surface area contributed by atoms with Crippen LogP contribution in [-0.2, 0) is 14.1 Å². The Kier molecular flexibility index (Phi) is 4.33. The SMILES string of the molecule is CNc1nn(C)c2cccc(OC)c12.C[n+]1noc2ccccc21. The molecular formula is C17H20N5O2+. The number of benzene rings is 2. The molecule has 0 unspecified atom stereocenters. The van der Waals surface area contributed by atoms with Crippen LogP contribution >= 0.6 is 0 Å². The van der Waals surface area contributed by atoms with E-state index in [-0.39, 0.29) is 0 Å². The van der Waals surface area contributed by atoms with Crippen molar-refractivity contribution >= 4 is 27.8 Å². The molecule has 0 aliphatic carbocycles. The monoisotopic (exact) mass is 326 g/mol. The lowest BCUT2D eigenvalue weighted by molar-refractivity contribution is -0.717. The smallest absolute Gasteiger partial charge is 0.280 e. The number of anilines is 1. The summed E-state index contributed by atoms with van der Waals surface area (Å²) in [7, 11) is 7.30. The Morgan fingerprint density at radius 2 is 1.96 bits per heavy atom. The number of ether oxygens (including phenoxy) is 1. The molecule has 7 nitrogen and oxygen atoms in total. The highest BCUT2D eigenvalue weighted by Crippen LogP contribution is 2.30. The van der Waals surface area contributed by atoms with Crippen molar-refractivity contribution in [3.05, 3.63) is 42.5 Å². The number of aromatic nitrogens is 4. The molecule has 0 atom stereocenters. The van der Waals surface area contributed by atoms with E-state index in [9.17, 15) is 0 Å². The van der Waals surface area contributed by atoms with Gasteiger partial charge < -0.3 is 14.6 Å². The Morgan fingerprint density at radius 3 is 2.67 bits per heavy atom. The Hall–Kier alpha value is -3.09. The van der Waals surface area contributed by atoms with Crippen molar-refractivity contribution in [3.8, 4) is 5.75 Å². The molecular weight excluding hydrogens is 306 g/mol. The summed E-state index contributed by atoms with van der Waals surface area (Å²) in [6.45, 7) is 0. The van der Waals surface area contributed by atoms with Crippen LogP contribution in [0.1, 0.15) is 0 Å². The zero-order valence-electron chi connectivity index (χ0n) is 14.1. The molecule has 0 aliphatic heterocycles. The third kappa shape index (κ3) is 2.76. The number of rotatable bonds is 2. The lowest BCUT2D eigenvalue weighted by Gasteiger charge is -2.02. The summed E-state index contributed by atoms with van der Waals surface area (Å²) >= 11 is 0. The Bertz CT molecular complexity index is 974. The van der Waals surface area contributed by atoms with Gasteiger partial charge in [0.25, 0.3) is 5.52 Å². The molecule has 1 N–H and O–H groups in total. The quantitative estimate of drug-likeness (QED) is 0.572. The molecule has 4 rings (SSSR count). The van der Waals surface area contributed by atoms with Crippen LogP contribution in [0.3, 0.4) is 0 Å². The van der Waals surface area contributed by atoms with Crippen molar-refractivity contribution < 1.29 is 13.9 Å². The van der Waals surface area contributed by atoms with Gasteiger partial charge in [-0.2, -0.15) is 5.10 Å². The van der Waals surface area contributed by atoms with Crippen LogP contribution in [0.4, 0.5) is 5.82 Å². The molecule has 2 aromatic carbocycles. The van der Waals surface area contributed by atoms with E-state index in [1.807, 2.05) is 68.3 Å². The minimum atomic E-state index is 0.824. The largest absolute Gasteiger partial charge is 0.496 e. The first-order valence-corrected chi connectivity index (χ1v) is 7.54. The standard InChI is InChI=1S/C10H13N3O.C7H7N2O/c1-11-10-9-7(13(2)12-10)5-4-6-8(9)14-3;1-9-6-4-2-3-5-7(6)10-8-9/h4-6H,1-3H3,(H,11,12);2-5H,1H3/q;+1. The first kappa shape index (κ1) is 15.8. The van der Waals surface area contributed by atoms with Gasteiger partial charge in [0.05, 0.1) is 18.0 Å². The number of hydrogen-bond acceptors (Lipinski definition) is 5. The summed E-state index contributed by atoms with van der Waals surface area (Å²) in [5.41, 5.74) is 2.90. The fourth-order valence-corrected chi connectivity index (χ4v) is 2.58. The van der Waals surface area contributed by atoms with E-state index in [2.05, 4.69) is 15.7 Å². The van der Waals surface area contributed by atoms with Crippen molar-refractivity contribution in [2.75, 3.05) is 19.5 Å². The maximum absolute atomic E-state index is 5.29. The van der Waals surface area contributed by atoms with Gasteiger partial charge in [0.1, 0.15) is 5.75 Å². The van der Waals surface area contributed by atoms with Gasteiger partial charge in [-0.15, -0.1) is 0 Å². The normalized spacial score (nSPS) is 10.5. The summed E-state index contributed by atoms with van der Waals surface area (Å²) in [6.07, 6.45) is 0. The van der Waals surface area contributed by atoms with E-state index in [0.29, 0.717) is 0 Å². The lowest BCUT2D eigenvalue weighted by atomic mass is 10.2. The second kappa shape index (κ2) is 6.57. The molecule has 0 fully saturated rings. The number of methoxy groups -OCH3 is 1. The summed E-state index contributed by atoms with van der Waals surface area (Å²) < 4.78 is 13.8. The molecule has 0 bridgehead atoms. The number of nitrogens with one attached hydrogen (secondary N) is 1. The maximum atomic E-state index is 5.29. The Morgan fingerprint density at radius 1 is 1.17 bits per heavy atom. The van der Waals surface area contributed by atoms with Gasteiger partial charge in [0.2, 0.25) is 5.58 Å². The van der Waals surface area contributed by atoms with Gasteiger partial charge in [0.15, 0.2) is 18.1 Å². The van der Waals surface area contributed by atoms with Gasteiger partial charge in [-0.3, -0.25) is 4.68 Å². The summed E-state index contributed by atoms with van der Waals surface area (Å²) in [5, 5.41) is 12.2. The second-order valence-corrected chi connectivity index (χ2v) is 5.24. The molecule has 4 aromatic rings. The number of para-hydroxylation sites is 2. The minimum Gasteiger partial charge on any atom is -0.496 e. The van der Waals surface area contributed by atoms with E-state index in [0.717, 1.165) is 33.6 Å². The number of nitrogens with zero attached hydrogens (tertiary/aromatic N) is 4. The summed E-state index contributed by atoms with van der Waals surface area (Å²) in [5.74, 6) is 1.69. The highest BCUT2D eigenvalue weighted by molar-refractivity contribution is 5.95. The Balaban J connectivity index is 0.000000149. The average Bonchev–Trinajstić information content (AvgIpc) is 3.16. The molecule has 0 amide bonds. The van der Waals surface area contributed by atoms with Crippen LogP contribution in [0.25, 0.3) is 22.0 Å². The predicted octanol–water partition coefficient (Wildman–Crippen LogP) is 2.28. The van der Waals surface area contributed by atoms with Crippen LogP contribution in [0.2, 0.25) is 0 Å². The van der Waals surface area contributed by atoms with E-state index in [1.165, 1.54) is 0 Å². The molecule has 24 heavy (non-hydrogen) atoms. The van der Waals surface area contributed by atoms with E-state index in [1.54, 1.807) is 11.8 Å². The topological polar surface area (TPSA) is 69.0 Å². The molecule has 0 radical (unpaired) electrons. The van der Waals surface area contributed by atoms with Crippen molar-refractivity contribution in [3.63, 3.8) is 0 Å². The fourth-order valence-electron chi connectivity index (χ4n) is 2.58. The highest BCUT2D eigenvalue weighted by atomic mass is 16.5. The Labute approximate surface area is 139 Å². The molecule has 2 aromatic heterocycles. The fraction of sp³-hybridized carbons (Fsp3) is 0.235. The number of hydrogen-bond donors (Lipinski definition) is 1. The minimum absolute atomic E-state index is 0.824. The van der Waals surface area contributed by atoms with Crippen LogP contribution in [0.5, 0.6) is 5.75 Å². The van der Waals surface area contributed by atoms with E-state index in [4.69, 9.17) is 9.26 Å². The van der Waals surface area contributed by atoms with Crippen LogP contribution < -0.4 is 14.7 Å². The maximum Gasteiger partial charge on any atom is 0.280 e. The third-order valence-corrected chi connectivity index (χ3v) is 3.77. The summed E-state index contributed by atoms with van der Waals surface area (Å²) in [6, 6.07) is 13.7. The van der Waals surface area contributed by atoms with Crippen molar-refractivity contribution in [1.82, 2.24) is 15.1 Å². The van der Waals surface area contributed by atoms with Crippen LogP contribution in [0.15, 0.2) is 47.0 Å². The van der Waals surface area contributed by atoms with Gasteiger partial charge in [0, 0.05) is 20.2 Å². The molecule has 124 valence electrons. The van der Waals surface area contributed by atoms with Crippen molar-refractivity contribution in [2.24, 2.45) is 14.1 Å². The second-order valence-electron chi connectivity index (χ2n) is 5.24. The zero-order valence-corrected chi connectivity index (χ0v) is 14.1. The average molecular weight is 326 g/mol. The molecule has 0 aliphatic rings. The van der Waals surface area contributed by atoms with E-state index < -0.39 is 0 Å². The number of fused-ring (bicyclic) bond motifs is 2. The van der Waals surface area contributed by atoms with Gasteiger partial charge >= 0.3 is 0 Å². The summed E-state index contributed by atoms with van der Waals surface area (Å²) in [4.78, 5) is 0. The molecule has 0 spiro atoms. The molecule has 0 saturated carbocycles. The zero-order chi connectivity index (χ0) is 17.1. The molecule has 2 heterocycles. The van der Waals surface area contributed by atoms with Crippen molar-refractivity contribution in [1.29, 1.82) is 0 Å². The lowest BCUT2D eigenvalue weighted by Crippen LogP contribution is -2.29. The van der Waals surface area contributed by atoms with Crippen LogP contribution in [-0.4, -0.2) is 29.2 Å². The van der Waals surface area contributed by atoms with Gasteiger partial charge in [-0.25, -0.2) is 0 Å². The van der Waals surface area contributed by atoms with E-state index >= 15 is 0 Å². The van der Waals surface area contributed by atoms with Gasteiger partial charge in [-0.1, -0.05) is 18.2 Å². The first-order valence-electron chi connectivity index (χ1n) is 7.54. The first-order chi connectivity index (χ1) is 11.7.